The predicted molar refractivity (Wildman–Crippen MR) is 64.2 cm³/mol. The Morgan fingerprint density at radius 2 is 2.17 bits per heavy atom. The summed E-state index contributed by atoms with van der Waals surface area (Å²) in [5, 5.41) is 13.5. The summed E-state index contributed by atoms with van der Waals surface area (Å²) >= 11 is 0. The molecule has 0 spiro atoms. The van der Waals surface area contributed by atoms with Crippen LogP contribution in [0.15, 0.2) is 47.2 Å². The minimum absolute atomic E-state index is 0.0539. The molecule has 0 aliphatic rings. The highest BCUT2D eigenvalue weighted by molar-refractivity contribution is 5.95. The number of hydrogen-bond acceptors (Lipinski definition) is 4. The Kier molecular flexibility index (Phi) is 2.30. The molecule has 5 nitrogen and oxygen atoms in total. The largest absolute Gasteiger partial charge is 0.477 e. The molecule has 3 aromatic rings. The summed E-state index contributed by atoms with van der Waals surface area (Å²) in [6.45, 7) is 0. The molecule has 0 unspecified atom stereocenters. The van der Waals surface area contributed by atoms with Gasteiger partial charge in [0.05, 0.1) is 11.7 Å². The van der Waals surface area contributed by atoms with E-state index >= 15 is 0 Å². The molecule has 0 aliphatic heterocycles. The smallest absolute Gasteiger partial charge is 0.341 e. The number of carboxylic acid groups (broad SMARTS) is 1. The molecule has 5 heteroatoms. The van der Waals surface area contributed by atoms with E-state index in [0.29, 0.717) is 5.56 Å². The maximum absolute atomic E-state index is 11.0. The lowest BCUT2D eigenvalue weighted by atomic mass is 10.1. The Balaban J connectivity index is 2.19. The van der Waals surface area contributed by atoms with Crippen LogP contribution in [0.5, 0.6) is 0 Å². The van der Waals surface area contributed by atoms with Gasteiger partial charge in [-0.2, -0.15) is 0 Å². The summed E-state index contributed by atoms with van der Waals surface area (Å²) in [5.41, 5.74) is 1.57. The number of fused-ring (bicyclic) bond motifs is 1. The third-order valence-electron chi connectivity index (χ3n) is 2.67. The molecule has 2 aromatic heterocycles. The van der Waals surface area contributed by atoms with Crippen molar-refractivity contribution >= 4 is 16.9 Å². The van der Waals surface area contributed by atoms with Crippen LogP contribution in [-0.2, 0) is 0 Å². The lowest BCUT2D eigenvalue weighted by Crippen LogP contribution is -1.95. The molecule has 3 rings (SSSR count). The number of pyridine rings is 1. The Bertz CT molecular complexity index is 734. The predicted octanol–water partition coefficient (Wildman–Crippen LogP) is 2.59. The maximum Gasteiger partial charge on any atom is 0.341 e. The van der Waals surface area contributed by atoms with E-state index in [2.05, 4.69) is 10.1 Å². The molecular weight excluding hydrogens is 232 g/mol. The van der Waals surface area contributed by atoms with E-state index in [-0.39, 0.29) is 11.3 Å². The van der Waals surface area contributed by atoms with Crippen molar-refractivity contribution in [1.82, 2.24) is 10.1 Å². The molecule has 0 aliphatic carbocycles. The first-order chi connectivity index (χ1) is 8.75. The van der Waals surface area contributed by atoms with Crippen molar-refractivity contribution in [3.05, 3.63) is 48.3 Å². The van der Waals surface area contributed by atoms with Crippen LogP contribution in [0, 0.1) is 0 Å². The van der Waals surface area contributed by atoms with Gasteiger partial charge >= 0.3 is 5.97 Å². The van der Waals surface area contributed by atoms with Crippen molar-refractivity contribution in [1.29, 1.82) is 0 Å². The fourth-order valence-electron chi connectivity index (χ4n) is 1.82. The number of rotatable bonds is 2. The maximum atomic E-state index is 11.0. The first-order valence-corrected chi connectivity index (χ1v) is 5.29. The van der Waals surface area contributed by atoms with Crippen LogP contribution in [0.1, 0.15) is 10.4 Å². The molecule has 88 valence electrons. The summed E-state index contributed by atoms with van der Waals surface area (Å²) in [6, 6.07) is 9.14. The number of carboxylic acids is 1. The quantitative estimate of drug-likeness (QED) is 0.745. The summed E-state index contributed by atoms with van der Waals surface area (Å²) < 4.78 is 5.01. The number of nitrogens with zero attached hydrogens (tertiary/aromatic N) is 2. The highest BCUT2D eigenvalue weighted by atomic mass is 16.5. The first-order valence-electron chi connectivity index (χ1n) is 5.29. The second kappa shape index (κ2) is 3.96. The van der Waals surface area contributed by atoms with Crippen LogP contribution in [0.4, 0.5) is 0 Å². The minimum Gasteiger partial charge on any atom is -0.477 e. The molecule has 0 saturated carbocycles. The summed E-state index contributed by atoms with van der Waals surface area (Å²) in [5.74, 6) is -0.800. The van der Waals surface area contributed by atoms with Gasteiger partial charge in [-0.15, -0.1) is 0 Å². The molecule has 0 atom stereocenters. The second-order valence-corrected chi connectivity index (χ2v) is 3.78. The van der Waals surface area contributed by atoms with E-state index in [1.54, 1.807) is 12.3 Å². The highest BCUT2D eigenvalue weighted by Gasteiger charge is 2.16. The molecule has 1 aromatic carbocycles. The van der Waals surface area contributed by atoms with E-state index in [1.165, 1.54) is 6.20 Å². The molecule has 0 radical (unpaired) electrons. The zero-order chi connectivity index (χ0) is 12.5. The monoisotopic (exact) mass is 240 g/mol. The van der Waals surface area contributed by atoms with Crippen molar-refractivity contribution in [2.75, 3.05) is 0 Å². The van der Waals surface area contributed by atoms with Crippen LogP contribution < -0.4 is 0 Å². The van der Waals surface area contributed by atoms with Crippen LogP contribution in [0.3, 0.4) is 0 Å². The van der Waals surface area contributed by atoms with Crippen LogP contribution in [0.2, 0.25) is 0 Å². The van der Waals surface area contributed by atoms with Gasteiger partial charge in [-0.1, -0.05) is 11.2 Å². The third kappa shape index (κ3) is 1.62. The van der Waals surface area contributed by atoms with E-state index < -0.39 is 5.97 Å². The van der Waals surface area contributed by atoms with Crippen molar-refractivity contribution in [2.24, 2.45) is 0 Å². The van der Waals surface area contributed by atoms with Crippen molar-refractivity contribution in [3.8, 4) is 11.3 Å². The first kappa shape index (κ1) is 10.5. The normalized spacial score (nSPS) is 10.7. The summed E-state index contributed by atoms with van der Waals surface area (Å²) in [4.78, 5) is 15.2. The van der Waals surface area contributed by atoms with Gasteiger partial charge < -0.3 is 9.63 Å². The lowest BCUT2D eigenvalue weighted by molar-refractivity contribution is 0.0697. The van der Waals surface area contributed by atoms with Crippen molar-refractivity contribution < 1.29 is 14.4 Å². The third-order valence-corrected chi connectivity index (χ3v) is 2.67. The van der Waals surface area contributed by atoms with Gasteiger partial charge in [0.25, 0.3) is 0 Å². The van der Waals surface area contributed by atoms with Gasteiger partial charge in [0, 0.05) is 17.1 Å². The SMILES string of the molecule is O=C(O)c1cnoc1-c1ccc2ncccc2c1. The standard InChI is InChI=1S/C13H8N2O3/c16-13(17)10-7-15-18-12(10)9-3-4-11-8(6-9)2-1-5-14-11/h1-7H,(H,16,17). The van der Waals surface area contributed by atoms with Crippen LogP contribution in [-0.4, -0.2) is 21.2 Å². The molecule has 0 amide bonds. The Labute approximate surface area is 102 Å². The Hall–Kier alpha value is -2.69. The number of benzene rings is 1. The van der Waals surface area contributed by atoms with Gasteiger partial charge in [-0.25, -0.2) is 4.79 Å². The topological polar surface area (TPSA) is 76.2 Å². The van der Waals surface area contributed by atoms with E-state index in [9.17, 15) is 4.79 Å². The fraction of sp³-hybridized carbons (Fsp3) is 0. The number of carbonyl (C=O) groups is 1. The fourth-order valence-corrected chi connectivity index (χ4v) is 1.82. The van der Waals surface area contributed by atoms with Gasteiger partial charge in [-0.3, -0.25) is 4.98 Å². The van der Waals surface area contributed by atoms with Crippen LogP contribution >= 0.6 is 0 Å². The molecule has 0 bridgehead atoms. The van der Waals surface area contributed by atoms with Crippen LogP contribution in [0.25, 0.3) is 22.2 Å². The van der Waals surface area contributed by atoms with Gasteiger partial charge in [0.15, 0.2) is 5.76 Å². The zero-order valence-corrected chi connectivity index (χ0v) is 9.20. The van der Waals surface area contributed by atoms with E-state index in [0.717, 1.165) is 10.9 Å². The van der Waals surface area contributed by atoms with Gasteiger partial charge in [0.2, 0.25) is 0 Å². The van der Waals surface area contributed by atoms with E-state index in [1.807, 2.05) is 24.3 Å². The molecule has 0 saturated heterocycles. The molecule has 2 heterocycles. The van der Waals surface area contributed by atoms with Gasteiger partial charge in [0.1, 0.15) is 5.56 Å². The average molecular weight is 240 g/mol. The number of aromatic carboxylic acids is 1. The summed E-state index contributed by atoms with van der Waals surface area (Å²) in [7, 11) is 0. The number of aromatic nitrogens is 2. The molecule has 0 fully saturated rings. The van der Waals surface area contributed by atoms with Crippen molar-refractivity contribution in [3.63, 3.8) is 0 Å². The molecule has 18 heavy (non-hydrogen) atoms. The Morgan fingerprint density at radius 3 is 3.00 bits per heavy atom. The highest BCUT2D eigenvalue weighted by Crippen LogP contribution is 2.26. The summed E-state index contributed by atoms with van der Waals surface area (Å²) in [6.07, 6.45) is 2.91. The lowest BCUT2D eigenvalue weighted by Gasteiger charge is -2.00. The molecule has 1 N–H and O–H groups in total. The molecular formula is C13H8N2O3. The van der Waals surface area contributed by atoms with Crippen molar-refractivity contribution in [2.45, 2.75) is 0 Å². The van der Waals surface area contributed by atoms with Gasteiger partial charge in [-0.05, 0) is 24.3 Å². The average Bonchev–Trinajstić information content (AvgIpc) is 2.87. The Morgan fingerprint density at radius 1 is 1.28 bits per heavy atom. The zero-order valence-electron chi connectivity index (χ0n) is 9.20. The second-order valence-electron chi connectivity index (χ2n) is 3.78. The number of hydrogen-bond donors (Lipinski definition) is 1. The van der Waals surface area contributed by atoms with E-state index in [4.69, 9.17) is 9.63 Å². The minimum atomic E-state index is -1.06.